The van der Waals surface area contributed by atoms with Crippen LogP contribution >= 0.6 is 0 Å². The van der Waals surface area contributed by atoms with Gasteiger partial charge in [-0.3, -0.25) is 9.69 Å². The molecule has 1 unspecified atom stereocenters. The van der Waals surface area contributed by atoms with E-state index < -0.39 is 23.7 Å². The van der Waals surface area contributed by atoms with E-state index in [1.54, 1.807) is 4.90 Å². The van der Waals surface area contributed by atoms with Crippen LogP contribution in [0.1, 0.15) is 226 Å². The van der Waals surface area contributed by atoms with E-state index in [-0.39, 0.29) is 18.5 Å². The Morgan fingerprint density at radius 2 is 0.964 bits per heavy atom. The average molecular weight is 786 g/mol. The Bertz CT molecular complexity index is 870. The molecule has 0 amide bonds. The van der Waals surface area contributed by atoms with E-state index in [2.05, 4.69) is 20.8 Å². The van der Waals surface area contributed by atoms with Crippen LogP contribution in [0.5, 0.6) is 0 Å². The van der Waals surface area contributed by atoms with Crippen molar-refractivity contribution in [3.8, 4) is 0 Å². The summed E-state index contributed by atoms with van der Waals surface area (Å²) in [6.45, 7) is 7.95. The smallest absolute Gasteiger partial charge is 0.366 e. The van der Waals surface area contributed by atoms with Gasteiger partial charge in [0.05, 0.1) is 6.61 Å². The van der Waals surface area contributed by atoms with Crippen molar-refractivity contribution in [2.75, 3.05) is 19.7 Å². The van der Waals surface area contributed by atoms with Crippen molar-refractivity contribution in [2.24, 2.45) is 0 Å². The zero-order valence-electron chi connectivity index (χ0n) is 36.2. The van der Waals surface area contributed by atoms with Gasteiger partial charge in [-0.25, -0.2) is 4.79 Å². The summed E-state index contributed by atoms with van der Waals surface area (Å²) < 4.78 is 11.1. The van der Waals surface area contributed by atoms with Crippen LogP contribution in [0.15, 0.2) is 0 Å². The second-order valence-corrected chi connectivity index (χ2v) is 16.5. The molecule has 0 aliphatic heterocycles. The molecule has 0 fully saturated rings. The molecule has 0 saturated heterocycles. The van der Waals surface area contributed by atoms with Crippen molar-refractivity contribution in [2.45, 2.75) is 250 Å². The lowest BCUT2D eigenvalue weighted by atomic mass is 9.92. The fraction of sp³-hybridized carbons (Fsp3) is 0.955. The summed E-state index contributed by atoms with van der Waals surface area (Å²) in [5, 5.41) is 51.9. The molecule has 0 aromatic rings. The SMILES string of the molecule is BC(O)(O)C(O)N(CCCCCCC(O)(O)C(=O)OC(CCCCCCCC)CCCCCCCC)CCCCCC(=O)OCCCCCCCCCCC. The predicted octanol–water partition coefficient (Wildman–Crippen LogP) is 8.56. The Hall–Kier alpha value is -1.24. The van der Waals surface area contributed by atoms with Crippen LogP contribution in [0.25, 0.3) is 0 Å². The monoisotopic (exact) mass is 786 g/mol. The quantitative estimate of drug-likeness (QED) is 0.0176. The maximum absolute atomic E-state index is 12.9. The highest BCUT2D eigenvalue weighted by atomic mass is 16.6. The van der Waals surface area contributed by atoms with E-state index in [4.69, 9.17) is 9.47 Å². The molecular weight excluding hydrogens is 697 g/mol. The topological polar surface area (TPSA) is 157 Å². The molecule has 0 heterocycles. The molecule has 0 aromatic carbocycles. The van der Waals surface area contributed by atoms with E-state index in [0.29, 0.717) is 64.6 Å². The number of nitrogens with zero attached hydrogens (tertiary/aromatic N) is 1. The van der Waals surface area contributed by atoms with E-state index in [1.165, 1.54) is 96.3 Å². The van der Waals surface area contributed by atoms with Gasteiger partial charge in [0.15, 0.2) is 19.8 Å². The summed E-state index contributed by atoms with van der Waals surface area (Å²) in [7, 11) is 1.15. The van der Waals surface area contributed by atoms with Gasteiger partial charge in [-0.05, 0) is 57.8 Å². The molecule has 0 radical (unpaired) electrons. The molecule has 0 spiro atoms. The third kappa shape index (κ3) is 32.4. The number of unbranched alkanes of at least 4 members (excludes halogenated alkanes) is 23. The average Bonchev–Trinajstić information content (AvgIpc) is 3.14. The lowest BCUT2D eigenvalue weighted by Crippen LogP contribution is -2.54. The van der Waals surface area contributed by atoms with Gasteiger partial charge in [-0.15, -0.1) is 0 Å². The Balaban J connectivity index is 4.50. The highest BCUT2D eigenvalue weighted by molar-refractivity contribution is 6.13. The first kappa shape index (κ1) is 53.8. The molecular formula is C44H88BNO9. The standard InChI is InChI=1S/C44H88BNO9/c1-4-7-10-13-16-17-18-23-31-38-54-40(47)34-27-24-30-37-46(41(48)44(45,52)53)36-29-22-21-28-35-43(50,51)42(49)55-39(32-25-19-14-11-8-5-2)33-26-20-15-12-9-6-3/h39,41,48,50-53H,4-38,45H2,1-3H3. The summed E-state index contributed by atoms with van der Waals surface area (Å²) in [6.07, 6.45) is 29.1. The van der Waals surface area contributed by atoms with Gasteiger partial charge in [0.2, 0.25) is 0 Å². The fourth-order valence-electron chi connectivity index (χ4n) is 7.09. The minimum Gasteiger partial charge on any atom is -0.466 e. The molecule has 55 heavy (non-hydrogen) atoms. The molecule has 326 valence electrons. The highest BCUT2D eigenvalue weighted by Crippen LogP contribution is 2.22. The van der Waals surface area contributed by atoms with Gasteiger partial charge >= 0.3 is 11.9 Å². The molecule has 0 saturated carbocycles. The normalized spacial score (nSPS) is 12.8. The molecule has 11 heteroatoms. The van der Waals surface area contributed by atoms with Crippen LogP contribution < -0.4 is 0 Å². The summed E-state index contributed by atoms with van der Waals surface area (Å²) in [6, 6.07) is 0. The largest absolute Gasteiger partial charge is 0.466 e. The number of aliphatic hydroxyl groups excluding tert-OH is 1. The minimum atomic E-state index is -2.53. The third-order valence-electron chi connectivity index (χ3n) is 10.8. The minimum absolute atomic E-state index is 0.119. The summed E-state index contributed by atoms with van der Waals surface area (Å²) in [5.41, 5.74) is -2.28. The summed E-state index contributed by atoms with van der Waals surface area (Å²) in [5.74, 6) is -3.67. The van der Waals surface area contributed by atoms with Crippen molar-refractivity contribution in [1.82, 2.24) is 4.90 Å². The van der Waals surface area contributed by atoms with Crippen LogP contribution in [0.4, 0.5) is 0 Å². The van der Waals surface area contributed by atoms with Crippen molar-refractivity contribution in [3.05, 3.63) is 0 Å². The molecule has 1 atom stereocenters. The Morgan fingerprint density at radius 3 is 1.44 bits per heavy atom. The van der Waals surface area contributed by atoms with Gasteiger partial charge in [0.25, 0.3) is 5.79 Å². The van der Waals surface area contributed by atoms with Gasteiger partial charge in [-0.1, -0.05) is 156 Å². The fourth-order valence-corrected chi connectivity index (χ4v) is 7.09. The lowest BCUT2D eigenvalue weighted by molar-refractivity contribution is -0.217. The van der Waals surface area contributed by atoms with Gasteiger partial charge in [0, 0.05) is 25.9 Å². The predicted molar refractivity (Wildman–Crippen MR) is 226 cm³/mol. The Morgan fingerprint density at radius 1 is 0.564 bits per heavy atom. The highest BCUT2D eigenvalue weighted by Gasteiger charge is 2.36. The van der Waals surface area contributed by atoms with Crippen molar-refractivity contribution in [3.63, 3.8) is 0 Å². The lowest BCUT2D eigenvalue weighted by Gasteiger charge is -2.34. The van der Waals surface area contributed by atoms with E-state index in [1.807, 2.05) is 0 Å². The first-order chi connectivity index (χ1) is 26.4. The maximum atomic E-state index is 12.9. The second-order valence-electron chi connectivity index (χ2n) is 16.5. The number of hydrogen-bond acceptors (Lipinski definition) is 10. The third-order valence-corrected chi connectivity index (χ3v) is 10.8. The van der Waals surface area contributed by atoms with E-state index in [9.17, 15) is 35.1 Å². The zero-order valence-corrected chi connectivity index (χ0v) is 36.2. The maximum Gasteiger partial charge on any atom is 0.366 e. The number of hydrogen-bond donors (Lipinski definition) is 5. The number of carbonyl (C=O) groups excluding carboxylic acids is 2. The molecule has 0 aromatic heterocycles. The van der Waals surface area contributed by atoms with E-state index in [0.717, 1.165) is 65.6 Å². The van der Waals surface area contributed by atoms with Gasteiger partial charge < -0.3 is 35.0 Å². The summed E-state index contributed by atoms with van der Waals surface area (Å²) >= 11 is 0. The van der Waals surface area contributed by atoms with Gasteiger partial charge in [0.1, 0.15) is 6.10 Å². The van der Waals surface area contributed by atoms with Crippen molar-refractivity contribution in [1.29, 1.82) is 0 Å². The van der Waals surface area contributed by atoms with Gasteiger partial charge in [-0.2, -0.15) is 0 Å². The Labute approximate surface area is 338 Å². The molecule has 0 aliphatic rings. The van der Waals surface area contributed by atoms with Crippen LogP contribution in [-0.2, 0) is 19.1 Å². The van der Waals surface area contributed by atoms with Crippen molar-refractivity contribution >= 4 is 19.8 Å². The number of rotatable bonds is 41. The number of carbonyl (C=O) groups is 2. The number of aliphatic hydroxyl groups is 5. The molecule has 0 rings (SSSR count). The zero-order chi connectivity index (χ0) is 41.0. The molecule has 10 nitrogen and oxygen atoms in total. The van der Waals surface area contributed by atoms with Crippen LogP contribution in [0.3, 0.4) is 0 Å². The molecule has 0 aliphatic carbocycles. The molecule has 5 N–H and O–H groups in total. The van der Waals surface area contributed by atoms with Crippen LogP contribution in [0.2, 0.25) is 0 Å². The number of esters is 2. The van der Waals surface area contributed by atoms with E-state index >= 15 is 0 Å². The first-order valence-electron chi connectivity index (χ1n) is 23.1. The molecule has 0 bridgehead atoms. The van der Waals surface area contributed by atoms with Crippen LogP contribution in [-0.4, -0.2) is 93.7 Å². The Kier molecular flexibility index (Phi) is 35.1. The second kappa shape index (κ2) is 35.9. The summed E-state index contributed by atoms with van der Waals surface area (Å²) in [4.78, 5) is 26.7. The first-order valence-corrected chi connectivity index (χ1v) is 23.1. The van der Waals surface area contributed by atoms with Crippen molar-refractivity contribution < 1.29 is 44.6 Å². The number of ether oxygens (including phenoxy) is 2. The van der Waals surface area contributed by atoms with Crippen LogP contribution in [0, 0.1) is 0 Å².